The predicted molar refractivity (Wildman–Crippen MR) is 131 cm³/mol. The molecular weight excluding hydrogens is 394 g/mol. The Morgan fingerprint density at radius 2 is 1.72 bits per heavy atom. The van der Waals surface area contributed by atoms with E-state index < -0.39 is 0 Å². The quantitative estimate of drug-likeness (QED) is 0.684. The Bertz CT molecular complexity index is 888. The summed E-state index contributed by atoms with van der Waals surface area (Å²) in [7, 11) is 0. The van der Waals surface area contributed by atoms with E-state index in [1.165, 1.54) is 48.2 Å². The van der Waals surface area contributed by atoms with Crippen molar-refractivity contribution in [1.82, 2.24) is 15.1 Å². The normalized spacial score (nSPS) is 20.9. The number of hydrogen-bond donors (Lipinski definition) is 1. The maximum atomic E-state index is 12.9. The van der Waals surface area contributed by atoms with Crippen molar-refractivity contribution in [3.05, 3.63) is 70.8 Å². The van der Waals surface area contributed by atoms with Crippen LogP contribution in [-0.2, 0) is 24.4 Å². The fourth-order valence-corrected chi connectivity index (χ4v) is 5.09. The predicted octanol–water partition coefficient (Wildman–Crippen LogP) is 4.76. The molecule has 1 atom stereocenters. The number of carbonyl (C=O) groups excluding carboxylic acids is 1. The molecule has 2 aromatic rings. The van der Waals surface area contributed by atoms with E-state index in [1.54, 1.807) is 0 Å². The van der Waals surface area contributed by atoms with Crippen LogP contribution in [0.1, 0.15) is 54.9 Å². The fourth-order valence-electron chi connectivity index (χ4n) is 5.09. The lowest BCUT2D eigenvalue weighted by molar-refractivity contribution is -0.126. The Morgan fingerprint density at radius 1 is 0.938 bits per heavy atom. The monoisotopic (exact) mass is 433 g/mol. The lowest BCUT2D eigenvalue weighted by Gasteiger charge is -2.32. The third kappa shape index (κ3) is 6.43. The van der Waals surface area contributed by atoms with Crippen molar-refractivity contribution in [3.63, 3.8) is 0 Å². The van der Waals surface area contributed by atoms with Gasteiger partial charge in [-0.3, -0.25) is 14.6 Å². The molecular formula is C28H39N3O. The van der Waals surface area contributed by atoms with Gasteiger partial charge in [0.05, 0.1) is 5.92 Å². The number of carbonyl (C=O) groups is 1. The van der Waals surface area contributed by atoms with Crippen molar-refractivity contribution in [2.24, 2.45) is 11.8 Å². The largest absolute Gasteiger partial charge is 0.352 e. The summed E-state index contributed by atoms with van der Waals surface area (Å²) in [6, 6.07) is 17.3. The molecule has 0 aliphatic carbocycles. The maximum Gasteiger partial charge on any atom is 0.224 e. The number of aryl methyl sites for hydroxylation is 1. The minimum Gasteiger partial charge on any atom is -0.352 e. The van der Waals surface area contributed by atoms with E-state index in [0.717, 1.165) is 44.9 Å². The Morgan fingerprint density at radius 3 is 2.53 bits per heavy atom. The van der Waals surface area contributed by atoms with E-state index in [0.29, 0.717) is 6.54 Å². The number of nitrogens with zero attached hydrogens (tertiary/aromatic N) is 2. The summed E-state index contributed by atoms with van der Waals surface area (Å²) in [6.07, 6.45) is 4.69. The molecule has 4 rings (SSSR count). The highest BCUT2D eigenvalue weighted by Crippen LogP contribution is 2.21. The van der Waals surface area contributed by atoms with Crippen LogP contribution >= 0.6 is 0 Å². The zero-order valence-electron chi connectivity index (χ0n) is 19.9. The van der Waals surface area contributed by atoms with Crippen LogP contribution in [0.4, 0.5) is 0 Å². The zero-order chi connectivity index (χ0) is 22.3. The Hall–Kier alpha value is -2.17. The molecule has 1 unspecified atom stereocenters. The number of nitrogens with one attached hydrogen (secondary N) is 1. The van der Waals surface area contributed by atoms with Gasteiger partial charge in [-0.25, -0.2) is 0 Å². The van der Waals surface area contributed by atoms with E-state index in [2.05, 4.69) is 77.5 Å². The van der Waals surface area contributed by atoms with Gasteiger partial charge < -0.3 is 5.32 Å². The molecule has 2 heterocycles. The number of likely N-dealkylation sites (tertiary alicyclic amines) is 2. The van der Waals surface area contributed by atoms with Crippen molar-refractivity contribution in [2.75, 3.05) is 26.2 Å². The zero-order valence-corrected chi connectivity index (χ0v) is 19.9. The van der Waals surface area contributed by atoms with Crippen LogP contribution < -0.4 is 5.32 Å². The van der Waals surface area contributed by atoms with Crippen LogP contribution in [0.2, 0.25) is 0 Å². The maximum absolute atomic E-state index is 12.9. The first-order valence-electron chi connectivity index (χ1n) is 12.4. The standard InChI is InChI=1S/C28H39N3O/c1-22-12-15-30(16-13-22)19-25-9-5-8-24(17-25)18-29-28(32)27-11-6-14-31(21-27)20-26-10-4-3-7-23(26)2/h3-5,7-10,17,22,27H,6,11-16,18-21H2,1-2H3,(H,29,32). The number of hydrogen-bond acceptors (Lipinski definition) is 3. The highest BCUT2D eigenvalue weighted by Gasteiger charge is 2.26. The van der Waals surface area contributed by atoms with E-state index >= 15 is 0 Å². The van der Waals surface area contributed by atoms with Gasteiger partial charge in [-0.1, -0.05) is 55.5 Å². The lowest BCUT2D eigenvalue weighted by atomic mass is 9.96. The van der Waals surface area contributed by atoms with E-state index in [4.69, 9.17) is 0 Å². The molecule has 2 fully saturated rings. The lowest BCUT2D eigenvalue weighted by Crippen LogP contribution is -2.42. The van der Waals surface area contributed by atoms with Gasteiger partial charge in [-0.15, -0.1) is 0 Å². The molecule has 1 amide bonds. The van der Waals surface area contributed by atoms with E-state index in [1.807, 2.05) is 0 Å². The second-order valence-corrected chi connectivity index (χ2v) is 10.00. The van der Waals surface area contributed by atoms with Gasteiger partial charge in [-0.05, 0) is 80.4 Å². The van der Waals surface area contributed by atoms with Crippen LogP contribution in [0, 0.1) is 18.8 Å². The third-order valence-electron chi connectivity index (χ3n) is 7.27. The summed E-state index contributed by atoms with van der Waals surface area (Å²) < 4.78 is 0. The highest BCUT2D eigenvalue weighted by molar-refractivity contribution is 5.79. The molecule has 0 aromatic heterocycles. The average Bonchev–Trinajstić information content (AvgIpc) is 2.81. The fraction of sp³-hybridized carbons (Fsp3) is 0.536. The second kappa shape index (κ2) is 11.1. The van der Waals surface area contributed by atoms with Crippen molar-refractivity contribution >= 4 is 5.91 Å². The molecule has 4 nitrogen and oxygen atoms in total. The first-order valence-corrected chi connectivity index (χ1v) is 12.4. The minimum absolute atomic E-state index is 0.0892. The van der Waals surface area contributed by atoms with Crippen LogP contribution in [0.25, 0.3) is 0 Å². The van der Waals surface area contributed by atoms with Crippen LogP contribution in [0.15, 0.2) is 48.5 Å². The average molecular weight is 434 g/mol. The van der Waals surface area contributed by atoms with Gasteiger partial charge in [0.15, 0.2) is 0 Å². The van der Waals surface area contributed by atoms with Crippen molar-refractivity contribution in [1.29, 1.82) is 0 Å². The molecule has 1 N–H and O–H groups in total. The van der Waals surface area contributed by atoms with Gasteiger partial charge in [0, 0.05) is 26.2 Å². The van der Waals surface area contributed by atoms with Crippen LogP contribution in [0.5, 0.6) is 0 Å². The molecule has 2 aliphatic rings. The van der Waals surface area contributed by atoms with Crippen LogP contribution in [0.3, 0.4) is 0 Å². The highest BCUT2D eigenvalue weighted by atomic mass is 16.1. The second-order valence-electron chi connectivity index (χ2n) is 10.00. The molecule has 0 radical (unpaired) electrons. The first-order chi connectivity index (χ1) is 15.6. The molecule has 2 aromatic carbocycles. The van der Waals surface area contributed by atoms with Gasteiger partial charge in [0.25, 0.3) is 0 Å². The molecule has 2 saturated heterocycles. The topological polar surface area (TPSA) is 35.6 Å². The summed E-state index contributed by atoms with van der Waals surface area (Å²) in [5, 5.41) is 3.22. The molecule has 2 aliphatic heterocycles. The molecule has 172 valence electrons. The number of piperidine rings is 2. The SMILES string of the molecule is Cc1ccccc1CN1CCCC(C(=O)NCc2cccc(CN3CCC(C)CC3)c2)C1. The Kier molecular flexibility index (Phi) is 7.99. The first kappa shape index (κ1) is 23.0. The van der Waals surface area contributed by atoms with Gasteiger partial charge in [0.1, 0.15) is 0 Å². The minimum atomic E-state index is 0.0892. The smallest absolute Gasteiger partial charge is 0.224 e. The van der Waals surface area contributed by atoms with Crippen molar-refractivity contribution in [2.45, 2.75) is 59.2 Å². The summed E-state index contributed by atoms with van der Waals surface area (Å²) in [5.74, 6) is 1.15. The van der Waals surface area contributed by atoms with Gasteiger partial charge >= 0.3 is 0 Å². The number of benzene rings is 2. The summed E-state index contributed by atoms with van der Waals surface area (Å²) >= 11 is 0. The van der Waals surface area contributed by atoms with E-state index in [-0.39, 0.29) is 11.8 Å². The molecule has 0 bridgehead atoms. The van der Waals surface area contributed by atoms with Crippen molar-refractivity contribution in [3.8, 4) is 0 Å². The molecule has 32 heavy (non-hydrogen) atoms. The van der Waals surface area contributed by atoms with Gasteiger partial charge in [0.2, 0.25) is 5.91 Å². The number of rotatable bonds is 7. The Balaban J connectivity index is 1.26. The summed E-state index contributed by atoms with van der Waals surface area (Å²) in [4.78, 5) is 17.9. The molecule has 4 heteroatoms. The van der Waals surface area contributed by atoms with E-state index in [9.17, 15) is 4.79 Å². The van der Waals surface area contributed by atoms with Gasteiger partial charge in [-0.2, -0.15) is 0 Å². The summed E-state index contributed by atoms with van der Waals surface area (Å²) in [6.45, 7) is 11.4. The van der Waals surface area contributed by atoms with Crippen molar-refractivity contribution < 1.29 is 4.79 Å². The summed E-state index contributed by atoms with van der Waals surface area (Å²) in [5.41, 5.74) is 5.26. The third-order valence-corrected chi connectivity index (χ3v) is 7.27. The molecule has 0 saturated carbocycles. The van der Waals surface area contributed by atoms with Crippen LogP contribution in [-0.4, -0.2) is 41.9 Å². The number of amides is 1. The Labute approximate surface area is 194 Å². The molecule has 0 spiro atoms.